The summed E-state index contributed by atoms with van der Waals surface area (Å²) in [6.45, 7) is 4.96. The predicted octanol–water partition coefficient (Wildman–Crippen LogP) is 5.35. The third-order valence-electron chi connectivity index (χ3n) is 5.17. The van der Waals surface area contributed by atoms with Crippen molar-refractivity contribution >= 4 is 45.8 Å². The lowest BCUT2D eigenvalue weighted by Crippen LogP contribution is -2.41. The molecule has 0 fully saturated rings. The van der Waals surface area contributed by atoms with Crippen molar-refractivity contribution in [1.29, 1.82) is 0 Å². The Morgan fingerprint density at radius 1 is 1.22 bits per heavy atom. The number of nitrogens with one attached hydrogen (secondary N) is 1. The Balaban J connectivity index is 2.02. The Hall–Kier alpha value is -2.61. The third kappa shape index (κ3) is 5.06. The van der Waals surface area contributed by atoms with Gasteiger partial charge in [-0.2, -0.15) is 0 Å². The minimum Gasteiger partial charge on any atom is -0.383 e. The maximum absolute atomic E-state index is 13.2. The van der Waals surface area contributed by atoms with Crippen molar-refractivity contribution < 1.29 is 9.53 Å². The van der Waals surface area contributed by atoms with Gasteiger partial charge in [0.2, 0.25) is 0 Å². The number of methoxy groups -OCH3 is 1. The second kappa shape index (κ2) is 10.8. The minimum absolute atomic E-state index is 0.163. The van der Waals surface area contributed by atoms with Gasteiger partial charge < -0.3 is 15.0 Å². The van der Waals surface area contributed by atoms with E-state index in [-0.39, 0.29) is 16.6 Å². The highest BCUT2D eigenvalue weighted by atomic mass is 35.5. The quantitative estimate of drug-likeness (QED) is 0.474. The number of anilines is 1. The zero-order chi connectivity index (χ0) is 23.3. The number of urea groups is 1. The van der Waals surface area contributed by atoms with Crippen molar-refractivity contribution in [3.63, 3.8) is 0 Å². The molecule has 0 saturated carbocycles. The van der Waals surface area contributed by atoms with E-state index in [1.807, 2.05) is 19.9 Å². The van der Waals surface area contributed by atoms with Crippen LogP contribution in [0, 0.1) is 0 Å². The second-order valence-corrected chi connectivity index (χ2v) is 8.12. The van der Waals surface area contributed by atoms with Gasteiger partial charge in [-0.05, 0) is 37.6 Å². The van der Waals surface area contributed by atoms with Crippen LogP contribution in [0.1, 0.15) is 32.1 Å². The van der Waals surface area contributed by atoms with Gasteiger partial charge >= 0.3 is 6.03 Å². The summed E-state index contributed by atoms with van der Waals surface area (Å²) in [4.78, 5) is 32.8. The number of nitrogens with zero attached hydrogens (tertiary/aromatic N) is 3. The van der Waals surface area contributed by atoms with Crippen LogP contribution >= 0.6 is 23.2 Å². The minimum atomic E-state index is -0.484. The molecule has 3 aromatic rings. The summed E-state index contributed by atoms with van der Waals surface area (Å²) in [5.74, 6) is 0.492. The first-order chi connectivity index (χ1) is 15.4. The van der Waals surface area contributed by atoms with Gasteiger partial charge in [-0.3, -0.25) is 9.36 Å². The average molecular weight is 477 g/mol. The van der Waals surface area contributed by atoms with E-state index in [1.54, 1.807) is 53.0 Å². The molecule has 1 aromatic heterocycles. The fourth-order valence-corrected chi connectivity index (χ4v) is 3.89. The van der Waals surface area contributed by atoms with Crippen molar-refractivity contribution in [2.24, 2.45) is 0 Å². The number of aromatic nitrogens is 2. The van der Waals surface area contributed by atoms with Gasteiger partial charge in [0.25, 0.3) is 5.56 Å². The van der Waals surface area contributed by atoms with E-state index in [0.717, 1.165) is 6.42 Å². The van der Waals surface area contributed by atoms with Crippen molar-refractivity contribution in [2.45, 2.75) is 32.9 Å². The number of halogens is 2. The van der Waals surface area contributed by atoms with E-state index < -0.39 is 6.04 Å². The highest BCUT2D eigenvalue weighted by Gasteiger charge is 2.26. The number of amides is 2. The molecule has 0 spiro atoms. The van der Waals surface area contributed by atoms with Crippen molar-refractivity contribution in [3.8, 4) is 0 Å². The molecule has 1 heterocycles. The average Bonchev–Trinajstić information content (AvgIpc) is 2.79. The van der Waals surface area contributed by atoms with Crippen molar-refractivity contribution in [2.75, 3.05) is 25.6 Å². The van der Waals surface area contributed by atoms with Crippen LogP contribution in [0.2, 0.25) is 10.0 Å². The number of fused-ring (bicyclic) bond motifs is 1. The largest absolute Gasteiger partial charge is 0.383 e. The van der Waals surface area contributed by atoms with Crippen LogP contribution in [-0.4, -0.2) is 40.7 Å². The predicted molar refractivity (Wildman–Crippen MR) is 129 cm³/mol. The SMILES string of the molecule is CCCN(C(=O)Nc1cccc(Cl)c1Cl)C(C)c1nc2ccccc2c(=O)n1CCOC. The van der Waals surface area contributed by atoms with E-state index in [0.29, 0.717) is 47.1 Å². The molecule has 1 atom stereocenters. The first-order valence-electron chi connectivity index (χ1n) is 10.4. The van der Waals surface area contributed by atoms with Crippen LogP contribution in [0.25, 0.3) is 10.9 Å². The molecule has 32 heavy (non-hydrogen) atoms. The van der Waals surface area contributed by atoms with E-state index >= 15 is 0 Å². The van der Waals surface area contributed by atoms with Crippen LogP contribution in [0.4, 0.5) is 10.5 Å². The molecule has 170 valence electrons. The highest BCUT2D eigenvalue weighted by Crippen LogP contribution is 2.30. The molecule has 3 rings (SSSR count). The van der Waals surface area contributed by atoms with Gasteiger partial charge in [-0.25, -0.2) is 9.78 Å². The van der Waals surface area contributed by atoms with E-state index in [4.69, 9.17) is 32.9 Å². The summed E-state index contributed by atoms with van der Waals surface area (Å²) in [7, 11) is 1.58. The zero-order valence-electron chi connectivity index (χ0n) is 18.3. The molecule has 0 radical (unpaired) electrons. The topological polar surface area (TPSA) is 76.5 Å². The first-order valence-corrected chi connectivity index (χ1v) is 11.1. The number of para-hydroxylation sites is 1. The summed E-state index contributed by atoms with van der Waals surface area (Å²) in [6.07, 6.45) is 0.719. The van der Waals surface area contributed by atoms with Crippen LogP contribution in [0.15, 0.2) is 47.3 Å². The number of rotatable bonds is 8. The van der Waals surface area contributed by atoms with Gasteiger partial charge in [-0.1, -0.05) is 48.3 Å². The molecule has 0 aliphatic rings. The van der Waals surface area contributed by atoms with Crippen molar-refractivity contribution in [3.05, 3.63) is 68.7 Å². The van der Waals surface area contributed by atoms with Gasteiger partial charge in [0.05, 0.1) is 45.8 Å². The van der Waals surface area contributed by atoms with E-state index in [2.05, 4.69) is 5.32 Å². The van der Waals surface area contributed by atoms with Gasteiger partial charge in [0.1, 0.15) is 5.82 Å². The van der Waals surface area contributed by atoms with Crippen LogP contribution in [0.5, 0.6) is 0 Å². The van der Waals surface area contributed by atoms with Crippen LogP contribution in [0.3, 0.4) is 0 Å². The molecule has 0 aliphatic carbocycles. The van der Waals surface area contributed by atoms with Gasteiger partial charge in [0.15, 0.2) is 0 Å². The molecule has 7 nitrogen and oxygen atoms in total. The Kier molecular flexibility index (Phi) is 8.12. The molecule has 0 saturated heterocycles. The summed E-state index contributed by atoms with van der Waals surface area (Å²) in [5.41, 5.74) is 0.840. The number of hydrogen-bond donors (Lipinski definition) is 1. The number of carbonyl (C=O) groups excluding carboxylic acids is 1. The summed E-state index contributed by atoms with van der Waals surface area (Å²) < 4.78 is 6.78. The highest BCUT2D eigenvalue weighted by molar-refractivity contribution is 6.43. The molecule has 2 amide bonds. The Labute approximate surface area is 196 Å². The van der Waals surface area contributed by atoms with Gasteiger partial charge in [0, 0.05) is 13.7 Å². The Bertz CT molecular complexity index is 1170. The van der Waals surface area contributed by atoms with Crippen LogP contribution < -0.4 is 10.9 Å². The maximum atomic E-state index is 13.2. The number of ether oxygens (including phenoxy) is 1. The molecular weight excluding hydrogens is 451 g/mol. The smallest absolute Gasteiger partial charge is 0.322 e. The molecule has 0 bridgehead atoms. The summed E-state index contributed by atoms with van der Waals surface area (Å²) in [5, 5.41) is 3.98. The van der Waals surface area contributed by atoms with Gasteiger partial charge in [-0.15, -0.1) is 0 Å². The van der Waals surface area contributed by atoms with Crippen LogP contribution in [-0.2, 0) is 11.3 Å². The maximum Gasteiger partial charge on any atom is 0.322 e. The fourth-order valence-electron chi connectivity index (χ4n) is 3.54. The molecule has 9 heteroatoms. The normalized spacial score (nSPS) is 12.0. The molecule has 1 unspecified atom stereocenters. The number of benzene rings is 2. The monoisotopic (exact) mass is 476 g/mol. The lowest BCUT2D eigenvalue weighted by atomic mass is 10.2. The van der Waals surface area contributed by atoms with E-state index in [9.17, 15) is 9.59 Å². The van der Waals surface area contributed by atoms with Crippen molar-refractivity contribution in [1.82, 2.24) is 14.5 Å². The zero-order valence-corrected chi connectivity index (χ0v) is 19.8. The Morgan fingerprint density at radius 3 is 2.69 bits per heavy atom. The van der Waals surface area contributed by atoms with E-state index in [1.165, 1.54) is 0 Å². The summed E-state index contributed by atoms with van der Waals surface area (Å²) >= 11 is 12.3. The molecule has 0 aliphatic heterocycles. The second-order valence-electron chi connectivity index (χ2n) is 7.34. The lowest BCUT2D eigenvalue weighted by Gasteiger charge is -2.30. The molecule has 2 aromatic carbocycles. The number of carbonyl (C=O) groups is 1. The molecular formula is C23H26Cl2N4O3. The molecule has 1 N–H and O–H groups in total. The Morgan fingerprint density at radius 2 is 1.97 bits per heavy atom. The fraction of sp³-hybridized carbons (Fsp3) is 0.348. The standard InChI is InChI=1S/C23H26Cl2N4O3/c1-4-12-28(23(31)27-19-11-7-9-17(24)20(19)25)15(2)21-26-18-10-6-5-8-16(18)22(30)29(21)13-14-32-3/h5-11,15H,4,12-14H2,1-3H3,(H,27,31). The number of hydrogen-bond acceptors (Lipinski definition) is 4. The third-order valence-corrected chi connectivity index (χ3v) is 5.99. The first kappa shape index (κ1) is 24.0. The summed E-state index contributed by atoms with van der Waals surface area (Å²) in [6, 6.07) is 11.4. The lowest BCUT2D eigenvalue weighted by molar-refractivity contribution is 0.174.